The summed E-state index contributed by atoms with van der Waals surface area (Å²) in [4.78, 5) is 64.5. The molecule has 3 aliphatic heterocycles. The number of likely N-dealkylation sites (tertiary alicyclic amines) is 2. The van der Waals surface area contributed by atoms with E-state index in [0.717, 1.165) is 22.3 Å². The molecule has 276 valence electrons. The fourth-order valence-corrected chi connectivity index (χ4v) is 6.92. The molecule has 3 aliphatic rings. The average molecular weight is 721 g/mol. The van der Waals surface area contributed by atoms with E-state index in [0.29, 0.717) is 23.9 Å². The first kappa shape index (κ1) is 36.3. The number of alkyl carbamates (subject to hydrolysis) is 2. The SMILES string of the molecule is COC(=O)N[C@@H](C)C(=O)N1C[C@@H](F)C[C@H]1C1=NCC(c2ccc(-c3ccc(-c4cnc([C@@H]5C[C@@H](F)CN5C(=O)[C@H](C)NC(=O)OC)[nH]4)cc3)cc2)N1. The summed E-state index contributed by atoms with van der Waals surface area (Å²) in [5, 5.41) is 8.27. The van der Waals surface area contributed by atoms with Gasteiger partial charge in [-0.2, -0.15) is 0 Å². The zero-order chi connectivity index (χ0) is 37.1. The number of H-pyrrole nitrogens is 1. The van der Waals surface area contributed by atoms with Crippen LogP contribution in [0.25, 0.3) is 22.4 Å². The summed E-state index contributed by atoms with van der Waals surface area (Å²) in [6, 6.07) is 12.8. The van der Waals surface area contributed by atoms with Gasteiger partial charge in [-0.25, -0.2) is 23.4 Å². The molecule has 1 unspecified atom stereocenters. The average Bonchev–Trinajstić information content (AvgIpc) is 3.97. The number of alkyl halides is 2. The van der Waals surface area contributed by atoms with Crippen LogP contribution in [0.3, 0.4) is 0 Å². The standard InChI is InChI=1S/C36H42F2N8O6/c1-19(41-35(49)51-3)33(47)45-17-25(37)13-29(45)31-39-15-27(43-31)23-9-5-21(6-10-23)22-7-11-24(12-8-22)28-16-40-32(44-28)30-14-26(38)18-46(30)34(48)20(2)42-36(50)52-4/h5-12,15,19-20,25-26,28-30H,13-14,16-18H2,1-4H3,(H,39,43)(H,40,44)(H,41,49)(H,42,50)/t19-,20-,25+,26-,28?,29-,30-/m0/s1. The van der Waals surface area contributed by atoms with E-state index in [1.165, 1.54) is 37.9 Å². The third-order valence-corrected chi connectivity index (χ3v) is 9.68. The Labute approximate surface area is 299 Å². The molecule has 4 amide bonds. The fourth-order valence-electron chi connectivity index (χ4n) is 6.92. The van der Waals surface area contributed by atoms with Gasteiger partial charge in [-0.15, -0.1) is 0 Å². The van der Waals surface area contributed by atoms with Crippen molar-refractivity contribution in [2.45, 2.75) is 69.2 Å². The van der Waals surface area contributed by atoms with Gasteiger partial charge in [0, 0.05) is 12.8 Å². The quantitative estimate of drug-likeness (QED) is 0.259. The predicted molar refractivity (Wildman–Crippen MR) is 187 cm³/mol. The monoisotopic (exact) mass is 720 g/mol. The van der Waals surface area contributed by atoms with Gasteiger partial charge in [-0.1, -0.05) is 48.5 Å². The minimum absolute atomic E-state index is 0.0756. The van der Waals surface area contributed by atoms with Crippen molar-refractivity contribution in [3.05, 3.63) is 66.1 Å². The molecule has 2 saturated heterocycles. The topological polar surface area (TPSA) is 170 Å². The zero-order valence-electron chi connectivity index (χ0n) is 29.3. The summed E-state index contributed by atoms with van der Waals surface area (Å²) in [5.41, 5.74) is 4.53. The van der Waals surface area contributed by atoms with Crippen molar-refractivity contribution >= 4 is 29.8 Å². The van der Waals surface area contributed by atoms with Crippen molar-refractivity contribution in [2.24, 2.45) is 4.99 Å². The molecule has 4 N–H and O–H groups in total. The maximum Gasteiger partial charge on any atom is 0.407 e. The van der Waals surface area contributed by atoms with Gasteiger partial charge in [-0.3, -0.25) is 14.6 Å². The summed E-state index contributed by atoms with van der Waals surface area (Å²) in [5.74, 6) is 0.175. The highest BCUT2D eigenvalue weighted by atomic mass is 19.1. The fraction of sp³-hybridized carbons (Fsp3) is 0.444. The summed E-state index contributed by atoms with van der Waals surface area (Å²) in [6.45, 7) is 3.32. The van der Waals surface area contributed by atoms with Crippen molar-refractivity contribution in [3.63, 3.8) is 0 Å². The van der Waals surface area contributed by atoms with Crippen LogP contribution < -0.4 is 16.0 Å². The van der Waals surface area contributed by atoms with E-state index in [9.17, 15) is 28.0 Å². The summed E-state index contributed by atoms with van der Waals surface area (Å²) in [6.07, 6.45) is -2.03. The van der Waals surface area contributed by atoms with Gasteiger partial charge < -0.3 is 40.2 Å². The number of amides is 4. The van der Waals surface area contributed by atoms with E-state index in [2.05, 4.69) is 40.4 Å². The molecule has 1 aromatic heterocycles. The van der Waals surface area contributed by atoms with Crippen LogP contribution >= 0.6 is 0 Å². The molecule has 0 saturated carbocycles. The molecule has 52 heavy (non-hydrogen) atoms. The Morgan fingerprint density at radius 2 is 1.29 bits per heavy atom. The molecule has 2 fully saturated rings. The van der Waals surface area contributed by atoms with Gasteiger partial charge in [-0.05, 0) is 36.1 Å². The number of aromatic nitrogens is 2. The van der Waals surface area contributed by atoms with E-state index < -0.39 is 60.5 Å². The van der Waals surface area contributed by atoms with Crippen LogP contribution in [0.15, 0.2) is 59.7 Å². The van der Waals surface area contributed by atoms with Crippen LogP contribution in [-0.4, -0.2) is 114 Å². The summed E-state index contributed by atoms with van der Waals surface area (Å²) in [7, 11) is 2.41. The molecule has 6 rings (SSSR count). The molecule has 0 aliphatic carbocycles. The number of amidine groups is 1. The first-order chi connectivity index (χ1) is 24.9. The van der Waals surface area contributed by atoms with Gasteiger partial charge in [0.25, 0.3) is 0 Å². The van der Waals surface area contributed by atoms with Crippen molar-refractivity contribution in [1.29, 1.82) is 0 Å². The maximum atomic E-state index is 14.5. The lowest BCUT2D eigenvalue weighted by Gasteiger charge is -2.28. The molecule has 16 heteroatoms. The number of ether oxygens (including phenoxy) is 2. The van der Waals surface area contributed by atoms with Gasteiger partial charge in [0.2, 0.25) is 11.8 Å². The Hall–Kier alpha value is -5.54. The highest BCUT2D eigenvalue weighted by molar-refractivity contribution is 5.95. The van der Waals surface area contributed by atoms with Crippen LogP contribution in [0.4, 0.5) is 18.4 Å². The highest BCUT2D eigenvalue weighted by Gasteiger charge is 2.42. The van der Waals surface area contributed by atoms with Crippen molar-refractivity contribution in [1.82, 2.24) is 35.7 Å². The Morgan fingerprint density at radius 3 is 1.85 bits per heavy atom. The number of methoxy groups -OCH3 is 2. The number of aliphatic imine (C=N–C) groups is 1. The van der Waals surface area contributed by atoms with Crippen LogP contribution in [-0.2, 0) is 19.1 Å². The van der Waals surface area contributed by atoms with Gasteiger partial charge in [0.05, 0.1) is 63.9 Å². The third kappa shape index (κ3) is 7.70. The number of benzene rings is 2. The number of rotatable bonds is 9. The Morgan fingerprint density at radius 1 is 0.788 bits per heavy atom. The van der Waals surface area contributed by atoms with Gasteiger partial charge >= 0.3 is 12.2 Å². The molecule has 3 aromatic rings. The van der Waals surface area contributed by atoms with E-state index in [1.807, 2.05) is 48.5 Å². The number of carbonyl (C=O) groups is 4. The molecular weight excluding hydrogens is 678 g/mol. The molecule has 0 spiro atoms. The zero-order valence-corrected chi connectivity index (χ0v) is 29.3. The molecule has 7 atom stereocenters. The molecule has 0 radical (unpaired) electrons. The number of hydrogen-bond acceptors (Lipinski definition) is 9. The number of carbonyl (C=O) groups excluding carboxylic acids is 4. The number of nitrogens with one attached hydrogen (secondary N) is 4. The maximum absolute atomic E-state index is 14.5. The first-order valence-electron chi connectivity index (χ1n) is 17.1. The lowest BCUT2D eigenvalue weighted by molar-refractivity contribution is -0.134. The molecule has 2 aromatic carbocycles. The van der Waals surface area contributed by atoms with Crippen LogP contribution in [0, 0.1) is 0 Å². The lowest BCUT2D eigenvalue weighted by Crippen LogP contribution is -2.52. The van der Waals surface area contributed by atoms with E-state index >= 15 is 0 Å². The number of aromatic amines is 1. The van der Waals surface area contributed by atoms with Crippen LogP contribution in [0.1, 0.15) is 50.2 Å². The summed E-state index contributed by atoms with van der Waals surface area (Å²) < 4.78 is 38.2. The van der Waals surface area contributed by atoms with Gasteiger partial charge in [0.15, 0.2) is 0 Å². The minimum atomic E-state index is -1.22. The van der Waals surface area contributed by atoms with Crippen LogP contribution in [0.5, 0.6) is 0 Å². The van der Waals surface area contributed by atoms with Crippen molar-refractivity contribution < 1.29 is 37.4 Å². The lowest BCUT2D eigenvalue weighted by atomic mass is 9.99. The molecular formula is C36H42F2N8O6. The second-order valence-electron chi connectivity index (χ2n) is 13.2. The number of nitrogens with zero attached hydrogens (tertiary/aromatic N) is 4. The summed E-state index contributed by atoms with van der Waals surface area (Å²) >= 11 is 0. The molecule has 14 nitrogen and oxygen atoms in total. The first-order valence-corrected chi connectivity index (χ1v) is 17.1. The number of halogens is 2. The number of hydrogen-bond donors (Lipinski definition) is 4. The Balaban J connectivity index is 1.07. The van der Waals surface area contributed by atoms with Gasteiger partial charge in [0.1, 0.15) is 36.1 Å². The molecule has 4 heterocycles. The third-order valence-electron chi connectivity index (χ3n) is 9.68. The van der Waals surface area contributed by atoms with E-state index in [1.54, 1.807) is 6.20 Å². The Kier molecular flexibility index (Phi) is 10.7. The second-order valence-corrected chi connectivity index (χ2v) is 13.2. The largest absolute Gasteiger partial charge is 0.453 e. The normalized spacial score (nSPS) is 23.7. The van der Waals surface area contributed by atoms with E-state index in [4.69, 9.17) is 0 Å². The number of imidazole rings is 1. The highest BCUT2D eigenvalue weighted by Crippen LogP contribution is 2.34. The van der Waals surface area contributed by atoms with Crippen molar-refractivity contribution in [2.75, 3.05) is 33.9 Å². The molecule has 0 bridgehead atoms. The van der Waals surface area contributed by atoms with Crippen LogP contribution in [0.2, 0.25) is 0 Å². The van der Waals surface area contributed by atoms with E-state index in [-0.39, 0.29) is 32.0 Å². The smallest absolute Gasteiger partial charge is 0.407 e. The predicted octanol–water partition coefficient (Wildman–Crippen LogP) is 3.83. The second kappa shape index (κ2) is 15.4. The van der Waals surface area contributed by atoms with Crippen molar-refractivity contribution in [3.8, 4) is 22.4 Å². The minimum Gasteiger partial charge on any atom is -0.453 e. The Bertz CT molecular complexity index is 1820.